The van der Waals surface area contributed by atoms with Crippen molar-refractivity contribution < 1.29 is 14.7 Å². The molecule has 2 aliphatic carbocycles. The molecule has 2 saturated carbocycles. The van der Waals surface area contributed by atoms with Gasteiger partial charge in [-0.15, -0.1) is 0 Å². The van der Waals surface area contributed by atoms with Gasteiger partial charge in [0.2, 0.25) is 5.91 Å². The zero-order chi connectivity index (χ0) is 22.9. The molecule has 7 atom stereocenters. The maximum Gasteiger partial charge on any atom is 0.271 e. The molecule has 1 aliphatic heterocycles. The highest BCUT2D eigenvalue weighted by molar-refractivity contribution is 5.92. The summed E-state index contributed by atoms with van der Waals surface area (Å²) >= 11 is 0. The number of rotatable bonds is 4. The Labute approximate surface area is 191 Å². The van der Waals surface area contributed by atoms with Gasteiger partial charge in [0, 0.05) is 37.4 Å². The lowest BCUT2D eigenvalue weighted by Crippen LogP contribution is -2.58. The fraction of sp³-hybridized carbons (Fsp3) is 0.760. The lowest BCUT2D eigenvalue weighted by atomic mass is 9.51. The minimum Gasteiger partial charge on any atom is -0.392 e. The van der Waals surface area contributed by atoms with E-state index in [4.69, 9.17) is 0 Å². The van der Waals surface area contributed by atoms with Crippen LogP contribution in [0.2, 0.25) is 0 Å². The van der Waals surface area contributed by atoms with Crippen LogP contribution in [0.3, 0.4) is 0 Å². The molecule has 0 unspecified atom stereocenters. The summed E-state index contributed by atoms with van der Waals surface area (Å²) in [6.07, 6.45) is 11.1. The number of aliphatic hydroxyl groups excluding tert-OH is 1. The maximum atomic E-state index is 13.2. The molecule has 2 amide bonds. The number of amides is 2. The molecule has 0 spiro atoms. The van der Waals surface area contributed by atoms with Crippen molar-refractivity contribution in [1.29, 1.82) is 0 Å². The van der Waals surface area contributed by atoms with E-state index >= 15 is 0 Å². The Kier molecular flexibility index (Phi) is 6.84. The van der Waals surface area contributed by atoms with Crippen molar-refractivity contribution in [3.63, 3.8) is 0 Å². The summed E-state index contributed by atoms with van der Waals surface area (Å²) in [5.41, 5.74) is 0.354. The van der Waals surface area contributed by atoms with E-state index in [1.54, 1.807) is 6.20 Å². The fourth-order valence-corrected chi connectivity index (χ4v) is 6.74. The molecule has 7 heteroatoms. The van der Waals surface area contributed by atoms with Gasteiger partial charge in [-0.2, -0.15) is 0 Å². The molecule has 1 saturated heterocycles. The van der Waals surface area contributed by atoms with Crippen LogP contribution in [0, 0.1) is 29.1 Å². The number of aliphatic hydroxyl groups is 1. The molecular weight excluding hydrogens is 404 g/mol. The quantitative estimate of drug-likeness (QED) is 0.747. The SMILES string of the molecule is C[C@@H]1[C@@H]2[C@@H](O)[C@@H]([C@H](C)C(=O)N3CCCCC3)CC[C@]2(C)CC[C@@H]1NC(=O)c1cnccn1. The summed E-state index contributed by atoms with van der Waals surface area (Å²) in [5, 5.41) is 14.7. The normalized spacial score (nSPS) is 36.1. The summed E-state index contributed by atoms with van der Waals surface area (Å²) in [6, 6.07) is -0.0240. The van der Waals surface area contributed by atoms with Gasteiger partial charge in [-0.25, -0.2) is 4.98 Å². The van der Waals surface area contributed by atoms with Gasteiger partial charge < -0.3 is 15.3 Å². The van der Waals surface area contributed by atoms with Crippen LogP contribution in [-0.2, 0) is 4.79 Å². The first-order chi connectivity index (χ1) is 15.3. The molecule has 0 radical (unpaired) electrons. The number of piperidine rings is 1. The van der Waals surface area contributed by atoms with Crippen LogP contribution in [-0.4, -0.2) is 57.0 Å². The summed E-state index contributed by atoms with van der Waals surface area (Å²) in [4.78, 5) is 36.0. The Balaban J connectivity index is 1.47. The third kappa shape index (κ3) is 4.41. The minimum atomic E-state index is -0.538. The largest absolute Gasteiger partial charge is 0.392 e. The van der Waals surface area contributed by atoms with Crippen LogP contribution in [0.1, 0.15) is 76.2 Å². The van der Waals surface area contributed by atoms with Crippen molar-refractivity contribution in [3.8, 4) is 0 Å². The van der Waals surface area contributed by atoms with Crippen LogP contribution in [0.25, 0.3) is 0 Å². The van der Waals surface area contributed by atoms with Gasteiger partial charge in [0.05, 0.1) is 12.3 Å². The van der Waals surface area contributed by atoms with Crippen LogP contribution in [0.5, 0.6) is 0 Å². The zero-order valence-corrected chi connectivity index (χ0v) is 19.7. The maximum absolute atomic E-state index is 13.2. The highest BCUT2D eigenvalue weighted by atomic mass is 16.3. The van der Waals surface area contributed by atoms with Crippen molar-refractivity contribution in [1.82, 2.24) is 20.2 Å². The number of hydrogen-bond acceptors (Lipinski definition) is 5. The Hall–Kier alpha value is -2.02. The Morgan fingerprint density at radius 1 is 1.19 bits per heavy atom. The van der Waals surface area contributed by atoms with Gasteiger partial charge in [0.25, 0.3) is 5.91 Å². The number of likely N-dealkylation sites (tertiary alicyclic amines) is 1. The van der Waals surface area contributed by atoms with E-state index < -0.39 is 6.10 Å². The molecule has 32 heavy (non-hydrogen) atoms. The minimum absolute atomic E-state index is 0.0240. The van der Waals surface area contributed by atoms with E-state index in [9.17, 15) is 14.7 Å². The molecule has 1 aromatic heterocycles. The molecule has 2 heterocycles. The third-order valence-electron chi connectivity index (χ3n) is 8.70. The number of nitrogens with zero attached hydrogens (tertiary/aromatic N) is 3. The second-order valence-electron chi connectivity index (χ2n) is 10.6. The van der Waals surface area contributed by atoms with Crippen molar-refractivity contribution >= 4 is 11.8 Å². The van der Waals surface area contributed by atoms with E-state index in [0.717, 1.165) is 51.6 Å². The molecule has 7 nitrogen and oxygen atoms in total. The highest BCUT2D eigenvalue weighted by Crippen LogP contribution is 2.55. The van der Waals surface area contributed by atoms with Gasteiger partial charge >= 0.3 is 0 Å². The van der Waals surface area contributed by atoms with E-state index in [-0.39, 0.29) is 46.9 Å². The molecule has 2 N–H and O–H groups in total. The molecule has 0 bridgehead atoms. The summed E-state index contributed by atoms with van der Waals surface area (Å²) in [5.74, 6) is -0.0422. The number of hydrogen-bond donors (Lipinski definition) is 2. The van der Waals surface area contributed by atoms with Gasteiger partial charge in [0.1, 0.15) is 5.69 Å². The Morgan fingerprint density at radius 3 is 2.59 bits per heavy atom. The standard InChI is InChI=1S/C25H38N4O3/c1-16(24(32)29-13-5-4-6-14-29)18-7-9-25(3)10-8-19(17(2)21(25)22(18)30)28-23(31)20-15-26-11-12-27-20/h11-12,15-19,21-22,30H,4-10,13-14H2,1-3H3,(H,28,31)/t16-,17-,18+,19-,21+,22-,25+/m0/s1. The Bertz CT molecular complexity index is 813. The van der Waals surface area contributed by atoms with Crippen LogP contribution < -0.4 is 5.32 Å². The Morgan fingerprint density at radius 2 is 1.91 bits per heavy atom. The predicted molar refractivity (Wildman–Crippen MR) is 122 cm³/mol. The van der Waals surface area contributed by atoms with E-state index in [1.165, 1.54) is 18.8 Å². The topological polar surface area (TPSA) is 95.4 Å². The van der Waals surface area contributed by atoms with Gasteiger partial charge in [-0.05, 0) is 68.1 Å². The first-order valence-electron chi connectivity index (χ1n) is 12.4. The highest BCUT2D eigenvalue weighted by Gasteiger charge is 2.54. The molecule has 0 aromatic carbocycles. The monoisotopic (exact) mass is 442 g/mol. The van der Waals surface area contributed by atoms with Crippen molar-refractivity contribution in [3.05, 3.63) is 24.3 Å². The first-order valence-corrected chi connectivity index (χ1v) is 12.4. The predicted octanol–water partition coefficient (Wildman–Crippen LogP) is 3.05. The number of carbonyl (C=O) groups excluding carboxylic acids is 2. The number of aromatic nitrogens is 2. The number of nitrogens with one attached hydrogen (secondary N) is 1. The molecule has 3 aliphatic rings. The second-order valence-corrected chi connectivity index (χ2v) is 10.6. The summed E-state index contributed by atoms with van der Waals surface area (Å²) in [7, 11) is 0. The van der Waals surface area contributed by atoms with E-state index in [1.807, 2.05) is 11.8 Å². The molecular formula is C25H38N4O3. The van der Waals surface area contributed by atoms with Crippen LogP contribution in [0.4, 0.5) is 0 Å². The smallest absolute Gasteiger partial charge is 0.271 e. The lowest BCUT2D eigenvalue weighted by Gasteiger charge is -2.56. The van der Waals surface area contributed by atoms with Crippen LogP contribution in [0.15, 0.2) is 18.6 Å². The average Bonchev–Trinajstić information content (AvgIpc) is 2.81. The second kappa shape index (κ2) is 9.46. The van der Waals surface area contributed by atoms with Gasteiger partial charge in [-0.1, -0.05) is 20.8 Å². The lowest BCUT2D eigenvalue weighted by molar-refractivity contribution is -0.150. The van der Waals surface area contributed by atoms with Gasteiger partial charge in [0.15, 0.2) is 0 Å². The molecule has 3 fully saturated rings. The van der Waals surface area contributed by atoms with E-state index in [0.29, 0.717) is 5.69 Å². The van der Waals surface area contributed by atoms with Crippen molar-refractivity contribution in [2.75, 3.05) is 13.1 Å². The van der Waals surface area contributed by atoms with Crippen LogP contribution >= 0.6 is 0 Å². The average molecular weight is 443 g/mol. The summed E-state index contributed by atoms with van der Waals surface area (Å²) in [6.45, 7) is 8.13. The van der Waals surface area contributed by atoms with Crippen molar-refractivity contribution in [2.24, 2.45) is 29.1 Å². The number of fused-ring (bicyclic) bond motifs is 1. The van der Waals surface area contributed by atoms with E-state index in [2.05, 4.69) is 29.1 Å². The molecule has 1 aromatic rings. The van der Waals surface area contributed by atoms with Crippen molar-refractivity contribution in [2.45, 2.75) is 77.9 Å². The summed E-state index contributed by atoms with van der Waals surface area (Å²) < 4.78 is 0. The fourth-order valence-electron chi connectivity index (χ4n) is 6.74. The van der Waals surface area contributed by atoms with Gasteiger partial charge in [-0.3, -0.25) is 14.6 Å². The first kappa shape index (κ1) is 23.1. The molecule has 176 valence electrons. The number of carbonyl (C=O) groups is 2. The third-order valence-corrected chi connectivity index (χ3v) is 8.70. The molecule has 4 rings (SSSR count). The zero-order valence-electron chi connectivity index (χ0n) is 19.7.